The van der Waals surface area contributed by atoms with Crippen LogP contribution in [0.25, 0.3) is 10.9 Å². The van der Waals surface area contributed by atoms with Crippen LogP contribution in [-0.2, 0) is 89.6 Å². The van der Waals surface area contributed by atoms with Crippen LogP contribution < -0.4 is 103 Å². The summed E-state index contributed by atoms with van der Waals surface area (Å²) in [6.07, 6.45) is -2.27. The average molecular weight is 1640 g/mol. The quantitative estimate of drug-likeness (QED) is 0.0142. The van der Waals surface area contributed by atoms with Gasteiger partial charge in [0.05, 0.1) is 25.2 Å². The second-order valence-corrected chi connectivity index (χ2v) is 28.3. The molecule has 2 saturated heterocycles. The molecular formula is C72H109N25O20. The molecule has 1 aromatic heterocycles. The van der Waals surface area contributed by atoms with Crippen molar-refractivity contribution in [3.8, 4) is 5.75 Å². The Morgan fingerprint density at radius 1 is 0.496 bits per heavy atom. The first-order valence-electron chi connectivity index (χ1n) is 37.9. The van der Waals surface area contributed by atoms with E-state index >= 15 is 0 Å². The summed E-state index contributed by atoms with van der Waals surface area (Å²) in [6.45, 7) is 2.15. The van der Waals surface area contributed by atoms with Crippen LogP contribution in [0.1, 0.15) is 122 Å². The van der Waals surface area contributed by atoms with Crippen molar-refractivity contribution in [3.63, 3.8) is 0 Å². The van der Waals surface area contributed by atoms with Crippen molar-refractivity contribution in [1.29, 1.82) is 16.2 Å². The molecule has 32 N–H and O–H groups in total. The number of amides is 14. The van der Waals surface area contributed by atoms with Crippen LogP contribution in [0.15, 0.2) is 54.7 Å². The monoisotopic (exact) mass is 1640 g/mol. The zero-order chi connectivity index (χ0) is 86.8. The fourth-order valence-electron chi connectivity index (χ4n) is 12.8. The lowest BCUT2D eigenvalue weighted by Crippen LogP contribution is -2.61. The maximum absolute atomic E-state index is 14.6. The maximum atomic E-state index is 14.6. The molecular weight excluding hydrogens is 1530 g/mol. The molecule has 5 rings (SSSR count). The number of fused-ring (bicyclic) bond motifs is 1. The van der Waals surface area contributed by atoms with E-state index in [4.69, 9.17) is 44.9 Å². The Kier molecular flexibility index (Phi) is 38.0. The topological polar surface area (TPSA) is 746 Å². The number of benzene rings is 2. The number of para-hydroxylation sites is 1. The number of aromatic amines is 1. The minimum Gasteiger partial charge on any atom is -0.508 e. The molecule has 3 heterocycles. The predicted octanol–water partition coefficient (Wildman–Crippen LogP) is -8.01. The first-order valence-corrected chi connectivity index (χ1v) is 37.9. The van der Waals surface area contributed by atoms with E-state index in [0.29, 0.717) is 22.0 Å². The van der Waals surface area contributed by atoms with Crippen LogP contribution in [0, 0.1) is 16.2 Å². The van der Waals surface area contributed by atoms with Crippen molar-refractivity contribution < 1.29 is 97.1 Å². The number of primary amides is 1. The number of hydrogen-bond donors (Lipinski definition) is 27. The lowest BCUT2D eigenvalue weighted by Gasteiger charge is -2.31. The second-order valence-electron chi connectivity index (χ2n) is 28.3. The number of aromatic hydroxyl groups is 1. The molecule has 117 heavy (non-hydrogen) atoms. The van der Waals surface area contributed by atoms with Gasteiger partial charge in [-0.2, -0.15) is 0 Å². The summed E-state index contributed by atoms with van der Waals surface area (Å²) in [7, 11) is 0. The van der Waals surface area contributed by atoms with Crippen LogP contribution in [0.5, 0.6) is 5.75 Å². The van der Waals surface area contributed by atoms with Gasteiger partial charge in [-0.05, 0) is 127 Å². The lowest BCUT2D eigenvalue weighted by molar-refractivity contribution is -0.143. The molecule has 2 aliphatic rings. The number of phenolic OH excluding ortho intramolecular Hbond substituents is 1. The van der Waals surface area contributed by atoms with E-state index in [1.54, 1.807) is 30.5 Å². The average Bonchev–Trinajstić information content (AvgIpc) is 1.11. The minimum atomic E-state index is -1.93. The van der Waals surface area contributed by atoms with Gasteiger partial charge in [0, 0.05) is 75.5 Å². The van der Waals surface area contributed by atoms with Crippen molar-refractivity contribution in [2.75, 3.05) is 45.8 Å². The smallest absolute Gasteiger partial charge is 0.326 e. The standard InChI is InChI=1S/C72H109N25O20/c1-36(73)58(105)90-45(14-7-27-82-71(77)78)61(108)93-47(15-8-28-83-72(79)80)67(114)97-30-10-17-52(97)65(112)91-46(23-25-56(103)104)60(107)85-34-54(101)88-44(13-6-26-81-70(75)76)62(109)95-57(38(3)98)66(113)94-49(32-40-33-84-43-12-5-4-11-42(40)43)63(110)87-37(2)59(106)92-48(22-24-53(74)100)68(115)96-29-9-16-51(96)64(111)86-35-55(102)89-50(69(116)117)31-39-18-20-41(99)21-19-39/h4-5,11-12,18-21,33,36-38,44-52,57,84,98-99H,6-10,13-17,22-32,34-35,73H2,1-3H3,(H2,74,100)(H,85,107)(H,86,111)(H,87,110)(H,88,101)(H,89,102)(H,90,105)(H,91,112)(H,92,106)(H,93,108)(H,94,113)(H,95,109)(H,103,104)(H,116,117)(H4,75,76,81)(H4,77,78,82)(H4,79,80,83)/t36-,37-,38+,44-,45-,46-,47-,48-,49-,50-,51-,52-,57-/m0/s1. The first-order chi connectivity index (χ1) is 55.3. The van der Waals surface area contributed by atoms with Crippen molar-refractivity contribution in [1.82, 2.24) is 89.2 Å². The van der Waals surface area contributed by atoms with Crippen LogP contribution in [0.2, 0.25) is 0 Å². The van der Waals surface area contributed by atoms with Gasteiger partial charge in [-0.1, -0.05) is 30.3 Å². The summed E-state index contributed by atoms with van der Waals surface area (Å²) < 4.78 is 0. The zero-order valence-corrected chi connectivity index (χ0v) is 65.1. The Morgan fingerprint density at radius 3 is 1.50 bits per heavy atom. The highest BCUT2D eigenvalue weighted by atomic mass is 16.4. The van der Waals surface area contributed by atoms with E-state index < -0.39 is 218 Å². The van der Waals surface area contributed by atoms with Crippen LogP contribution in [0.4, 0.5) is 0 Å². The molecule has 45 nitrogen and oxygen atoms in total. The molecule has 0 unspecified atom stereocenters. The number of nitrogens with one attached hydrogen (secondary N) is 18. The molecule has 2 aliphatic heterocycles. The van der Waals surface area contributed by atoms with Crippen molar-refractivity contribution in [3.05, 3.63) is 65.9 Å². The first kappa shape index (κ1) is 94.6. The fourth-order valence-corrected chi connectivity index (χ4v) is 12.8. The number of aliphatic hydroxyl groups excluding tert-OH is 1. The molecule has 0 aliphatic carbocycles. The molecule has 2 fully saturated rings. The van der Waals surface area contributed by atoms with E-state index in [0.717, 1.165) is 16.7 Å². The summed E-state index contributed by atoms with van der Waals surface area (Å²) >= 11 is 0. The Balaban J connectivity index is 1.30. The van der Waals surface area contributed by atoms with E-state index in [1.807, 2.05) is 0 Å². The highest BCUT2D eigenvalue weighted by Gasteiger charge is 2.42. The molecule has 0 bridgehead atoms. The molecule has 642 valence electrons. The Hall–Kier alpha value is -13.0. The van der Waals surface area contributed by atoms with Gasteiger partial charge >= 0.3 is 11.9 Å². The van der Waals surface area contributed by atoms with Crippen LogP contribution in [0.3, 0.4) is 0 Å². The third-order valence-electron chi connectivity index (χ3n) is 18.9. The number of rotatable bonds is 48. The van der Waals surface area contributed by atoms with Gasteiger partial charge in [0.25, 0.3) is 0 Å². The summed E-state index contributed by atoms with van der Waals surface area (Å²) in [5, 5.41) is 98.3. The number of carbonyl (C=O) groups excluding carboxylic acids is 14. The van der Waals surface area contributed by atoms with Crippen molar-refractivity contribution >= 4 is 123 Å². The number of carboxylic acid groups (broad SMARTS) is 2. The van der Waals surface area contributed by atoms with E-state index in [1.165, 1.54) is 38.1 Å². The van der Waals surface area contributed by atoms with Gasteiger partial charge in [-0.15, -0.1) is 0 Å². The minimum absolute atomic E-state index is 0.00940. The van der Waals surface area contributed by atoms with E-state index in [-0.39, 0.29) is 127 Å². The maximum Gasteiger partial charge on any atom is 0.326 e. The predicted molar refractivity (Wildman–Crippen MR) is 418 cm³/mol. The summed E-state index contributed by atoms with van der Waals surface area (Å²) in [5.41, 5.74) is 29.1. The number of aliphatic hydroxyl groups is 1. The second kappa shape index (κ2) is 47.0. The van der Waals surface area contributed by atoms with Gasteiger partial charge in [0.1, 0.15) is 72.2 Å². The molecule has 3 aromatic rings. The number of H-pyrrole nitrogens is 1. The SMILES string of the molecule is C[C@H](N)C(=O)N[C@@H](CCCNC(=N)N)C(=O)N[C@@H](CCCNC(=N)N)C(=O)N1CCC[C@H]1C(=O)N[C@@H](CCC(=O)O)C(=O)NCC(=O)N[C@@H](CCCNC(=N)N)C(=O)N[C@H](C(=O)N[C@@H](Cc1c[nH]c2ccccc12)C(=O)N[C@@H](C)C(=O)N[C@@H](CCC(N)=O)C(=O)N1CCC[C@H]1C(=O)NCC(=O)N[C@@H](Cc1ccc(O)cc1)C(=O)O)[C@@H](C)O. The number of guanidine groups is 3. The van der Waals surface area contributed by atoms with Crippen molar-refractivity contribution in [2.45, 2.75) is 202 Å². The molecule has 13 atom stereocenters. The molecule has 2 aromatic carbocycles. The fraction of sp³-hybridized carbons (Fsp3) is 0.542. The van der Waals surface area contributed by atoms with Gasteiger partial charge in [0.2, 0.25) is 82.7 Å². The van der Waals surface area contributed by atoms with E-state index in [9.17, 15) is 97.1 Å². The number of hydrogen-bond acceptors (Lipinski definition) is 22. The third-order valence-corrected chi connectivity index (χ3v) is 18.9. The van der Waals surface area contributed by atoms with E-state index in [2.05, 4.69) is 79.4 Å². The molecule has 0 radical (unpaired) electrons. The molecule has 0 spiro atoms. The largest absolute Gasteiger partial charge is 0.508 e. The number of carboxylic acids is 2. The number of aliphatic carboxylic acids is 2. The molecule has 14 amide bonds. The summed E-state index contributed by atoms with van der Waals surface area (Å²) in [6, 6.07) is -5.16. The normalized spacial score (nSPS) is 16.4. The zero-order valence-electron chi connectivity index (χ0n) is 65.1. The highest BCUT2D eigenvalue weighted by molar-refractivity contribution is 6.00. The number of nitrogens with two attached hydrogens (primary N) is 5. The van der Waals surface area contributed by atoms with Crippen LogP contribution >= 0.6 is 0 Å². The third kappa shape index (κ3) is 31.7. The molecule has 45 heteroatoms. The van der Waals surface area contributed by atoms with Gasteiger partial charge < -0.3 is 138 Å². The number of carbonyl (C=O) groups is 16. The lowest BCUT2D eigenvalue weighted by atomic mass is 10.0. The summed E-state index contributed by atoms with van der Waals surface area (Å²) in [4.78, 5) is 223. The number of phenols is 1. The van der Waals surface area contributed by atoms with Crippen LogP contribution in [-0.4, -0.2) is 272 Å². The highest BCUT2D eigenvalue weighted by Crippen LogP contribution is 2.24. The number of aromatic nitrogens is 1. The number of likely N-dealkylation sites (tertiary alicyclic amines) is 2. The Labute approximate surface area is 671 Å². The molecule has 0 saturated carbocycles. The van der Waals surface area contributed by atoms with Gasteiger partial charge in [-0.25, -0.2) is 4.79 Å². The summed E-state index contributed by atoms with van der Waals surface area (Å²) in [5.74, 6) is -17.2. The Bertz CT molecular complexity index is 4070. The van der Waals surface area contributed by atoms with Gasteiger partial charge in [-0.3, -0.25) is 88.1 Å². The number of nitrogens with zero attached hydrogens (tertiary/aromatic N) is 2. The van der Waals surface area contributed by atoms with Gasteiger partial charge in [0.15, 0.2) is 17.9 Å². The Morgan fingerprint density at radius 2 is 0.966 bits per heavy atom. The van der Waals surface area contributed by atoms with Crippen molar-refractivity contribution in [2.24, 2.45) is 28.7 Å².